The average molecular weight is 208 g/mol. The van der Waals surface area contributed by atoms with Crippen LogP contribution in [0, 0.1) is 23.2 Å². The van der Waals surface area contributed by atoms with Gasteiger partial charge >= 0.3 is 5.97 Å². The molecule has 4 atom stereocenters. The van der Waals surface area contributed by atoms with Gasteiger partial charge in [-0.25, -0.2) is 0 Å². The lowest BCUT2D eigenvalue weighted by Gasteiger charge is -2.58. The molecule has 0 amide bonds. The van der Waals surface area contributed by atoms with Crippen LogP contribution in [0.1, 0.15) is 38.5 Å². The van der Waals surface area contributed by atoms with Crippen LogP contribution in [0.5, 0.6) is 0 Å². The first-order valence-corrected chi connectivity index (χ1v) is 5.94. The fraction of sp³-hybridized carbons (Fsp3) is 0.833. The molecule has 3 heteroatoms. The van der Waals surface area contributed by atoms with E-state index in [1.807, 2.05) is 0 Å². The maximum atomic E-state index is 11.8. The Kier molecular flexibility index (Phi) is 1.77. The predicted octanol–water partition coefficient (Wildman–Crippen LogP) is 1.86. The second-order valence-electron chi connectivity index (χ2n) is 5.34. The molecule has 3 fully saturated rings. The van der Waals surface area contributed by atoms with Gasteiger partial charge < -0.3 is 5.11 Å². The van der Waals surface area contributed by atoms with Gasteiger partial charge in [0.1, 0.15) is 5.78 Å². The molecule has 0 heterocycles. The van der Waals surface area contributed by atoms with E-state index in [1.165, 1.54) is 0 Å². The summed E-state index contributed by atoms with van der Waals surface area (Å²) < 4.78 is 0. The van der Waals surface area contributed by atoms with Gasteiger partial charge in [0.2, 0.25) is 0 Å². The predicted molar refractivity (Wildman–Crippen MR) is 53.2 cm³/mol. The molecule has 3 nitrogen and oxygen atoms in total. The molecule has 0 radical (unpaired) electrons. The van der Waals surface area contributed by atoms with Crippen molar-refractivity contribution in [2.24, 2.45) is 23.2 Å². The summed E-state index contributed by atoms with van der Waals surface area (Å²) in [5, 5.41) is 9.43. The van der Waals surface area contributed by atoms with Crippen LogP contribution >= 0.6 is 0 Å². The normalized spacial score (nSPS) is 48.0. The topological polar surface area (TPSA) is 54.4 Å². The van der Waals surface area contributed by atoms with Gasteiger partial charge in [0, 0.05) is 12.3 Å². The first-order valence-electron chi connectivity index (χ1n) is 5.94. The Morgan fingerprint density at radius 3 is 2.87 bits per heavy atom. The van der Waals surface area contributed by atoms with E-state index in [9.17, 15) is 14.7 Å². The zero-order valence-electron chi connectivity index (χ0n) is 8.74. The Bertz CT molecular complexity index is 334. The lowest BCUT2D eigenvalue weighted by Crippen LogP contribution is -2.63. The van der Waals surface area contributed by atoms with Crippen LogP contribution < -0.4 is 0 Å². The van der Waals surface area contributed by atoms with Gasteiger partial charge in [0.05, 0.1) is 5.41 Å². The van der Waals surface area contributed by atoms with Crippen molar-refractivity contribution in [3.63, 3.8) is 0 Å². The van der Waals surface area contributed by atoms with Crippen LogP contribution in [0.4, 0.5) is 0 Å². The molecular formula is C12H16O3. The third-order valence-electron chi connectivity index (χ3n) is 4.97. The van der Waals surface area contributed by atoms with Crippen molar-refractivity contribution in [1.29, 1.82) is 0 Å². The minimum absolute atomic E-state index is 0.128. The van der Waals surface area contributed by atoms with Gasteiger partial charge in [-0.1, -0.05) is 6.42 Å². The van der Waals surface area contributed by atoms with E-state index in [-0.39, 0.29) is 11.7 Å². The number of hydrogen-bond acceptors (Lipinski definition) is 2. The van der Waals surface area contributed by atoms with E-state index in [4.69, 9.17) is 0 Å². The molecule has 3 rings (SSSR count). The van der Waals surface area contributed by atoms with Crippen molar-refractivity contribution >= 4 is 11.8 Å². The highest BCUT2D eigenvalue weighted by Gasteiger charge is 2.69. The van der Waals surface area contributed by atoms with Crippen LogP contribution in [-0.2, 0) is 9.59 Å². The zero-order chi connectivity index (χ0) is 10.6. The molecule has 3 saturated carbocycles. The van der Waals surface area contributed by atoms with Crippen molar-refractivity contribution in [3.05, 3.63) is 0 Å². The standard InChI is InChI=1S/C12H16O3/c13-9-5-2-6-12(11(14)15)8-4-1-3-7(8)10(9)12/h7-8,10H,1-6H2,(H,14,15)/t7?,8?,10-,12+/m0/s1. The maximum absolute atomic E-state index is 11.8. The Morgan fingerprint density at radius 1 is 1.33 bits per heavy atom. The number of ketones is 1. The maximum Gasteiger partial charge on any atom is 0.310 e. The number of Topliss-reactive ketones (excluding diaryl/α,β-unsaturated/α-hetero) is 1. The summed E-state index contributed by atoms with van der Waals surface area (Å²) in [5.41, 5.74) is -0.642. The fourth-order valence-corrected chi connectivity index (χ4v) is 4.50. The molecule has 82 valence electrons. The van der Waals surface area contributed by atoms with Gasteiger partial charge in [0.25, 0.3) is 0 Å². The minimum atomic E-state index is -0.705. The first kappa shape index (κ1) is 9.37. The molecule has 3 aliphatic carbocycles. The van der Waals surface area contributed by atoms with Crippen LogP contribution in [0.15, 0.2) is 0 Å². The summed E-state index contributed by atoms with van der Waals surface area (Å²) in [7, 11) is 0. The number of carbonyl (C=O) groups excluding carboxylic acids is 1. The number of carboxylic acid groups (broad SMARTS) is 1. The summed E-state index contributed by atoms with van der Waals surface area (Å²) in [4.78, 5) is 23.3. The summed E-state index contributed by atoms with van der Waals surface area (Å²) >= 11 is 0. The molecule has 1 N–H and O–H groups in total. The van der Waals surface area contributed by atoms with Crippen LogP contribution in [-0.4, -0.2) is 16.9 Å². The van der Waals surface area contributed by atoms with Gasteiger partial charge in [0.15, 0.2) is 0 Å². The molecule has 0 saturated heterocycles. The monoisotopic (exact) mass is 208 g/mol. The Morgan fingerprint density at radius 2 is 2.13 bits per heavy atom. The highest BCUT2D eigenvalue weighted by atomic mass is 16.4. The van der Waals surface area contributed by atoms with Gasteiger partial charge in [-0.15, -0.1) is 0 Å². The number of aliphatic carboxylic acids is 1. The van der Waals surface area contributed by atoms with Crippen molar-refractivity contribution in [2.45, 2.75) is 38.5 Å². The highest BCUT2D eigenvalue weighted by molar-refractivity contribution is 5.92. The molecular weight excluding hydrogens is 192 g/mol. The van der Waals surface area contributed by atoms with E-state index in [0.29, 0.717) is 18.3 Å². The Balaban J connectivity index is 2.01. The molecule has 0 aromatic carbocycles. The third kappa shape index (κ3) is 0.918. The van der Waals surface area contributed by atoms with Gasteiger partial charge in [-0.3, -0.25) is 9.59 Å². The second kappa shape index (κ2) is 2.83. The Hall–Kier alpha value is -0.860. The van der Waals surface area contributed by atoms with Crippen molar-refractivity contribution < 1.29 is 14.7 Å². The second-order valence-corrected chi connectivity index (χ2v) is 5.34. The average Bonchev–Trinajstić information content (AvgIpc) is 2.57. The number of fused-ring (bicyclic) bond motifs is 4. The summed E-state index contributed by atoms with van der Waals surface area (Å²) in [5.74, 6) is 0.116. The van der Waals surface area contributed by atoms with Crippen LogP contribution in [0.25, 0.3) is 0 Å². The number of carboxylic acids is 1. The molecule has 3 aliphatic rings. The molecule has 0 aromatic rings. The summed E-state index contributed by atoms with van der Waals surface area (Å²) in [6.45, 7) is 0. The molecule has 2 unspecified atom stereocenters. The third-order valence-corrected chi connectivity index (χ3v) is 4.97. The molecule has 0 aromatic heterocycles. The van der Waals surface area contributed by atoms with E-state index in [1.54, 1.807) is 0 Å². The van der Waals surface area contributed by atoms with E-state index in [2.05, 4.69) is 0 Å². The molecule has 0 bridgehead atoms. The van der Waals surface area contributed by atoms with Crippen molar-refractivity contribution in [3.8, 4) is 0 Å². The van der Waals surface area contributed by atoms with Gasteiger partial charge in [-0.05, 0) is 37.5 Å². The van der Waals surface area contributed by atoms with Crippen molar-refractivity contribution in [2.75, 3.05) is 0 Å². The lowest BCUT2D eigenvalue weighted by atomic mass is 9.43. The van der Waals surface area contributed by atoms with Gasteiger partial charge in [-0.2, -0.15) is 0 Å². The highest BCUT2D eigenvalue weighted by Crippen LogP contribution is 2.67. The minimum Gasteiger partial charge on any atom is -0.481 e. The summed E-state index contributed by atoms with van der Waals surface area (Å²) in [6.07, 6.45) is 5.36. The van der Waals surface area contributed by atoms with Crippen LogP contribution in [0.2, 0.25) is 0 Å². The molecule has 0 spiro atoms. The lowest BCUT2D eigenvalue weighted by molar-refractivity contribution is -0.192. The number of carbonyl (C=O) groups is 2. The SMILES string of the molecule is O=C1CCC[C@@]2(C(=O)O)C3CCCC3[C@@H]12. The van der Waals surface area contributed by atoms with Crippen LogP contribution in [0.3, 0.4) is 0 Å². The van der Waals surface area contributed by atoms with E-state index >= 15 is 0 Å². The number of hydrogen-bond donors (Lipinski definition) is 1. The van der Waals surface area contributed by atoms with E-state index < -0.39 is 11.4 Å². The fourth-order valence-electron chi connectivity index (χ4n) is 4.50. The smallest absolute Gasteiger partial charge is 0.310 e. The largest absolute Gasteiger partial charge is 0.481 e. The Labute approximate surface area is 88.9 Å². The van der Waals surface area contributed by atoms with Crippen molar-refractivity contribution in [1.82, 2.24) is 0 Å². The van der Waals surface area contributed by atoms with E-state index in [0.717, 1.165) is 32.1 Å². The first-order chi connectivity index (χ1) is 7.18. The quantitative estimate of drug-likeness (QED) is 0.715. The summed E-state index contributed by atoms with van der Waals surface area (Å²) in [6, 6.07) is 0. The zero-order valence-corrected chi connectivity index (χ0v) is 8.74. The number of rotatable bonds is 1. The molecule has 0 aliphatic heterocycles. The molecule has 15 heavy (non-hydrogen) atoms.